The van der Waals surface area contributed by atoms with Crippen LogP contribution in [0.1, 0.15) is 50.5 Å². The van der Waals surface area contributed by atoms with Gasteiger partial charge in [-0.2, -0.15) is 0 Å². The Labute approximate surface area is 184 Å². The molecule has 2 aromatic carbocycles. The van der Waals surface area contributed by atoms with Gasteiger partial charge in [0.05, 0.1) is 6.26 Å². The third kappa shape index (κ3) is 7.40. The molecule has 1 unspecified atom stereocenters. The number of carbonyl (C=O) groups is 2. The van der Waals surface area contributed by atoms with E-state index in [1.165, 1.54) is 0 Å². The summed E-state index contributed by atoms with van der Waals surface area (Å²) in [7, 11) is -3.37. The first kappa shape index (κ1) is 24.4. The first-order valence-corrected chi connectivity index (χ1v) is 12.0. The molecule has 0 fully saturated rings. The number of benzene rings is 2. The topological polar surface area (TPSA) is 104 Å². The van der Waals surface area contributed by atoms with Crippen molar-refractivity contribution < 1.29 is 18.0 Å². The molecule has 0 saturated heterocycles. The molecule has 0 radical (unpaired) electrons. The summed E-state index contributed by atoms with van der Waals surface area (Å²) in [5, 5.41) is 5.58. The van der Waals surface area contributed by atoms with Crippen molar-refractivity contribution in [1.82, 2.24) is 5.32 Å². The number of amides is 2. The van der Waals surface area contributed by atoms with Crippen LogP contribution in [-0.2, 0) is 20.2 Å². The average Bonchev–Trinajstić information content (AvgIpc) is 2.65. The Hall–Kier alpha value is -2.87. The Balaban J connectivity index is 2.07. The summed E-state index contributed by atoms with van der Waals surface area (Å²) in [5.41, 5.74) is 2.49. The van der Waals surface area contributed by atoms with Crippen LogP contribution in [-0.4, -0.2) is 32.5 Å². The van der Waals surface area contributed by atoms with Crippen molar-refractivity contribution in [2.45, 2.75) is 46.1 Å². The fraction of sp³-hybridized carbons (Fsp3) is 0.391. The third-order valence-electron chi connectivity index (χ3n) is 4.70. The van der Waals surface area contributed by atoms with Gasteiger partial charge in [0.2, 0.25) is 15.9 Å². The highest BCUT2D eigenvalue weighted by atomic mass is 32.2. The molecule has 0 bridgehead atoms. The summed E-state index contributed by atoms with van der Waals surface area (Å²) in [4.78, 5) is 25.5. The Morgan fingerprint density at radius 3 is 1.84 bits per heavy atom. The van der Waals surface area contributed by atoms with Crippen LogP contribution in [0.4, 0.5) is 11.4 Å². The molecule has 3 N–H and O–H groups in total. The lowest BCUT2D eigenvalue weighted by Crippen LogP contribution is -2.47. The van der Waals surface area contributed by atoms with Crippen LogP contribution >= 0.6 is 0 Å². The zero-order chi connectivity index (χ0) is 23.4. The summed E-state index contributed by atoms with van der Waals surface area (Å²) < 4.78 is 24.9. The van der Waals surface area contributed by atoms with Gasteiger partial charge in [-0.25, -0.2) is 8.42 Å². The van der Waals surface area contributed by atoms with Crippen molar-refractivity contribution in [3.63, 3.8) is 0 Å². The minimum Gasteiger partial charge on any atom is -0.340 e. The normalized spacial score (nSPS) is 12.9. The highest BCUT2D eigenvalue weighted by molar-refractivity contribution is 7.92. The van der Waals surface area contributed by atoms with Crippen LogP contribution in [0.3, 0.4) is 0 Å². The molecule has 0 aliphatic rings. The minimum absolute atomic E-state index is 0.0122. The fourth-order valence-corrected chi connectivity index (χ4v) is 3.50. The molecule has 31 heavy (non-hydrogen) atoms. The lowest BCUT2D eigenvalue weighted by molar-refractivity contribution is -0.118. The molecule has 2 aromatic rings. The molecule has 0 aromatic heterocycles. The number of anilines is 2. The summed E-state index contributed by atoms with van der Waals surface area (Å²) in [6.07, 6.45) is 1.06. The second-order valence-corrected chi connectivity index (χ2v) is 10.7. The second kappa shape index (κ2) is 9.51. The maximum Gasteiger partial charge on any atom is 0.251 e. The second-order valence-electron chi connectivity index (χ2n) is 8.96. The highest BCUT2D eigenvalue weighted by Gasteiger charge is 2.25. The van der Waals surface area contributed by atoms with Gasteiger partial charge in [0.15, 0.2) is 0 Å². The van der Waals surface area contributed by atoms with E-state index in [0.717, 1.165) is 11.8 Å². The molecule has 0 spiro atoms. The number of nitrogens with one attached hydrogen (secondary N) is 3. The van der Waals surface area contributed by atoms with E-state index in [9.17, 15) is 18.0 Å². The van der Waals surface area contributed by atoms with Crippen molar-refractivity contribution in [2.24, 2.45) is 5.92 Å². The largest absolute Gasteiger partial charge is 0.340 e. The molecule has 2 rings (SSSR count). The number of sulfonamides is 1. The smallest absolute Gasteiger partial charge is 0.251 e. The van der Waals surface area contributed by atoms with E-state index < -0.39 is 16.1 Å². The number of hydrogen-bond acceptors (Lipinski definition) is 4. The number of hydrogen-bond donors (Lipinski definition) is 3. The zero-order valence-electron chi connectivity index (χ0n) is 18.8. The van der Waals surface area contributed by atoms with Gasteiger partial charge in [-0.05, 0) is 53.3 Å². The van der Waals surface area contributed by atoms with Gasteiger partial charge in [-0.1, -0.05) is 46.8 Å². The van der Waals surface area contributed by atoms with Crippen LogP contribution in [0.15, 0.2) is 48.5 Å². The third-order valence-corrected chi connectivity index (χ3v) is 5.31. The zero-order valence-corrected chi connectivity index (χ0v) is 19.6. The van der Waals surface area contributed by atoms with Gasteiger partial charge in [-0.3, -0.25) is 14.3 Å². The van der Waals surface area contributed by atoms with Crippen molar-refractivity contribution in [3.8, 4) is 0 Å². The quantitative estimate of drug-likeness (QED) is 0.604. The predicted octanol–water partition coefficient (Wildman–Crippen LogP) is 3.75. The van der Waals surface area contributed by atoms with Gasteiger partial charge < -0.3 is 10.6 Å². The van der Waals surface area contributed by atoms with Crippen molar-refractivity contribution in [2.75, 3.05) is 16.3 Å². The van der Waals surface area contributed by atoms with E-state index in [1.54, 1.807) is 36.4 Å². The summed E-state index contributed by atoms with van der Waals surface area (Å²) in [6, 6.07) is 12.9. The average molecular weight is 446 g/mol. The molecular formula is C23H31N3O4S. The van der Waals surface area contributed by atoms with E-state index >= 15 is 0 Å². The molecule has 0 heterocycles. The molecule has 0 saturated carbocycles. The SMILES string of the molecule is CC(C)C(NC(=O)c1ccc(C(C)(C)C)cc1)C(=O)Nc1ccc(NS(C)(=O)=O)cc1. The standard InChI is InChI=1S/C23H31N3O4S/c1-15(2)20(25-21(27)16-7-9-17(10-8-16)23(3,4)5)22(28)24-18-11-13-19(14-12-18)26-31(6,29)30/h7-15,20,26H,1-6H3,(H,24,28)(H,25,27). The molecule has 8 heteroatoms. The van der Waals surface area contributed by atoms with Gasteiger partial charge in [-0.15, -0.1) is 0 Å². The van der Waals surface area contributed by atoms with Crippen LogP contribution in [0.5, 0.6) is 0 Å². The van der Waals surface area contributed by atoms with E-state index in [4.69, 9.17) is 0 Å². The molecule has 168 valence electrons. The predicted molar refractivity (Wildman–Crippen MR) is 125 cm³/mol. The molecule has 0 aliphatic carbocycles. The Kier molecular flexibility index (Phi) is 7.49. The van der Waals surface area contributed by atoms with Gasteiger partial charge in [0, 0.05) is 16.9 Å². The lowest BCUT2D eigenvalue weighted by Gasteiger charge is -2.22. The summed E-state index contributed by atoms with van der Waals surface area (Å²) in [5.74, 6) is -0.801. The first-order chi connectivity index (χ1) is 14.3. The van der Waals surface area contributed by atoms with Crippen LogP contribution in [0.25, 0.3) is 0 Å². The fourth-order valence-electron chi connectivity index (χ4n) is 2.94. The van der Waals surface area contributed by atoms with Gasteiger partial charge in [0.25, 0.3) is 5.91 Å². The molecule has 2 amide bonds. The molecule has 1 atom stereocenters. The monoisotopic (exact) mass is 445 g/mol. The van der Waals surface area contributed by atoms with Crippen molar-refractivity contribution in [1.29, 1.82) is 0 Å². The lowest BCUT2D eigenvalue weighted by atomic mass is 9.86. The van der Waals surface area contributed by atoms with E-state index in [1.807, 2.05) is 26.0 Å². The summed E-state index contributed by atoms with van der Waals surface area (Å²) >= 11 is 0. The van der Waals surface area contributed by atoms with E-state index in [2.05, 4.69) is 36.1 Å². The molecule has 0 aliphatic heterocycles. The Morgan fingerprint density at radius 2 is 1.39 bits per heavy atom. The Bertz CT molecular complexity index is 1020. The van der Waals surface area contributed by atoms with Crippen molar-refractivity contribution >= 4 is 33.2 Å². The van der Waals surface area contributed by atoms with Gasteiger partial charge >= 0.3 is 0 Å². The molecule has 7 nitrogen and oxygen atoms in total. The maximum absolute atomic E-state index is 12.8. The first-order valence-electron chi connectivity index (χ1n) is 10.1. The van der Waals surface area contributed by atoms with Crippen LogP contribution in [0, 0.1) is 5.92 Å². The minimum atomic E-state index is -3.37. The summed E-state index contributed by atoms with van der Waals surface area (Å²) in [6.45, 7) is 10.0. The van der Waals surface area contributed by atoms with Crippen molar-refractivity contribution in [3.05, 3.63) is 59.7 Å². The van der Waals surface area contributed by atoms with E-state index in [0.29, 0.717) is 16.9 Å². The van der Waals surface area contributed by atoms with Gasteiger partial charge in [0.1, 0.15) is 6.04 Å². The number of rotatable bonds is 7. The maximum atomic E-state index is 12.8. The Morgan fingerprint density at radius 1 is 0.871 bits per heavy atom. The van der Waals surface area contributed by atoms with E-state index in [-0.39, 0.29) is 23.1 Å². The highest BCUT2D eigenvalue weighted by Crippen LogP contribution is 2.22. The van der Waals surface area contributed by atoms with Crippen LogP contribution in [0.2, 0.25) is 0 Å². The number of carbonyl (C=O) groups excluding carboxylic acids is 2. The molecular weight excluding hydrogens is 414 g/mol. The van der Waals surface area contributed by atoms with Crippen LogP contribution < -0.4 is 15.4 Å².